The highest BCUT2D eigenvalue weighted by atomic mass is 16.5. The molecule has 112 valence electrons. The lowest BCUT2D eigenvalue weighted by molar-refractivity contribution is 0.0935. The Kier molecular flexibility index (Phi) is 4.87. The van der Waals surface area contributed by atoms with E-state index in [9.17, 15) is 4.79 Å². The van der Waals surface area contributed by atoms with Crippen LogP contribution in [0.4, 0.5) is 5.69 Å². The van der Waals surface area contributed by atoms with Crippen LogP contribution >= 0.6 is 0 Å². The molecule has 0 aliphatic carbocycles. The minimum Gasteiger partial charge on any atom is -0.496 e. The average molecular weight is 288 g/mol. The number of anilines is 1. The van der Waals surface area contributed by atoms with Crippen LogP contribution in [-0.2, 0) is 6.42 Å². The number of methoxy groups -OCH3 is 1. The van der Waals surface area contributed by atoms with Crippen molar-refractivity contribution in [2.45, 2.75) is 25.8 Å². The molecule has 2 rings (SSSR count). The Morgan fingerprint density at radius 1 is 1.43 bits per heavy atom. The zero-order valence-corrected chi connectivity index (χ0v) is 12.3. The van der Waals surface area contributed by atoms with Crippen molar-refractivity contribution in [3.05, 3.63) is 47.9 Å². The summed E-state index contributed by atoms with van der Waals surface area (Å²) in [6.45, 7) is 1.96. The van der Waals surface area contributed by atoms with Crippen LogP contribution in [0.25, 0.3) is 0 Å². The normalized spacial score (nSPS) is 11.9. The van der Waals surface area contributed by atoms with Gasteiger partial charge in [0.05, 0.1) is 18.9 Å². The molecule has 1 amide bonds. The molecule has 1 heterocycles. The third kappa shape index (κ3) is 4.02. The third-order valence-electron chi connectivity index (χ3n) is 3.25. The first-order valence-electron chi connectivity index (χ1n) is 6.87. The van der Waals surface area contributed by atoms with Crippen molar-refractivity contribution in [1.82, 2.24) is 5.32 Å². The quantitative estimate of drug-likeness (QED) is 0.801. The zero-order valence-electron chi connectivity index (χ0n) is 12.3. The number of nitrogens with one attached hydrogen (secondary N) is 1. The average Bonchev–Trinajstić information content (AvgIpc) is 2.98. The molecule has 1 atom stereocenters. The Labute approximate surface area is 124 Å². The summed E-state index contributed by atoms with van der Waals surface area (Å²) < 4.78 is 10.5. The number of carbonyl (C=O) groups is 1. The van der Waals surface area contributed by atoms with E-state index in [-0.39, 0.29) is 11.9 Å². The van der Waals surface area contributed by atoms with Gasteiger partial charge in [0.15, 0.2) is 0 Å². The lowest BCUT2D eigenvalue weighted by Gasteiger charge is -2.15. The monoisotopic (exact) mass is 288 g/mol. The van der Waals surface area contributed by atoms with Gasteiger partial charge in [0.1, 0.15) is 11.5 Å². The zero-order chi connectivity index (χ0) is 15.2. The summed E-state index contributed by atoms with van der Waals surface area (Å²) in [4.78, 5) is 12.3. The third-order valence-corrected chi connectivity index (χ3v) is 3.25. The molecule has 5 nitrogen and oxygen atoms in total. The van der Waals surface area contributed by atoms with Gasteiger partial charge in [-0.25, -0.2) is 0 Å². The van der Waals surface area contributed by atoms with Gasteiger partial charge in [0.2, 0.25) is 0 Å². The van der Waals surface area contributed by atoms with Gasteiger partial charge in [-0.1, -0.05) is 0 Å². The van der Waals surface area contributed by atoms with Gasteiger partial charge in [0, 0.05) is 18.2 Å². The number of hydrogen-bond acceptors (Lipinski definition) is 4. The smallest absolute Gasteiger partial charge is 0.255 e. The van der Waals surface area contributed by atoms with E-state index in [1.165, 1.54) is 7.11 Å². The van der Waals surface area contributed by atoms with E-state index in [2.05, 4.69) is 5.32 Å². The number of rotatable bonds is 6. The van der Waals surface area contributed by atoms with Crippen molar-refractivity contribution in [1.29, 1.82) is 0 Å². The van der Waals surface area contributed by atoms with Gasteiger partial charge < -0.3 is 20.2 Å². The molecular formula is C16H20N2O3. The second kappa shape index (κ2) is 6.83. The predicted molar refractivity (Wildman–Crippen MR) is 81.4 cm³/mol. The molecule has 1 unspecified atom stereocenters. The van der Waals surface area contributed by atoms with Crippen LogP contribution in [-0.4, -0.2) is 19.1 Å². The molecule has 2 aromatic rings. The van der Waals surface area contributed by atoms with Gasteiger partial charge in [-0.3, -0.25) is 4.79 Å². The summed E-state index contributed by atoms with van der Waals surface area (Å²) in [6.07, 6.45) is 3.22. The molecular weight excluding hydrogens is 268 g/mol. The Bertz CT molecular complexity index is 594. The number of nitrogen functional groups attached to an aromatic ring is 1. The Morgan fingerprint density at radius 3 is 2.90 bits per heavy atom. The highest BCUT2D eigenvalue weighted by Gasteiger charge is 2.15. The largest absolute Gasteiger partial charge is 0.496 e. The first kappa shape index (κ1) is 15.0. The number of aryl methyl sites for hydroxylation is 1. The maximum absolute atomic E-state index is 12.3. The van der Waals surface area contributed by atoms with Gasteiger partial charge in [-0.05, 0) is 43.7 Å². The first-order valence-corrected chi connectivity index (χ1v) is 6.87. The van der Waals surface area contributed by atoms with E-state index in [4.69, 9.17) is 14.9 Å². The fourth-order valence-corrected chi connectivity index (χ4v) is 2.09. The van der Waals surface area contributed by atoms with Gasteiger partial charge in [0.25, 0.3) is 5.91 Å². The molecule has 0 aliphatic rings. The van der Waals surface area contributed by atoms with E-state index in [0.717, 1.165) is 18.6 Å². The van der Waals surface area contributed by atoms with E-state index in [1.54, 1.807) is 24.5 Å². The van der Waals surface area contributed by atoms with Gasteiger partial charge >= 0.3 is 0 Å². The molecule has 3 N–H and O–H groups in total. The van der Waals surface area contributed by atoms with Crippen molar-refractivity contribution in [3.8, 4) is 5.75 Å². The fraction of sp³-hybridized carbons (Fsp3) is 0.312. The predicted octanol–water partition coefficient (Wildman–Crippen LogP) is 2.62. The summed E-state index contributed by atoms with van der Waals surface area (Å²) in [7, 11) is 1.53. The number of furan rings is 1. The van der Waals surface area contributed by atoms with Crippen molar-refractivity contribution in [2.75, 3.05) is 12.8 Å². The number of hydrogen-bond donors (Lipinski definition) is 2. The van der Waals surface area contributed by atoms with Crippen molar-refractivity contribution in [3.63, 3.8) is 0 Å². The van der Waals surface area contributed by atoms with Crippen LogP contribution in [0, 0.1) is 0 Å². The number of benzene rings is 1. The second-order valence-corrected chi connectivity index (χ2v) is 4.95. The lowest BCUT2D eigenvalue weighted by atomic mass is 10.1. The minimum atomic E-state index is -0.189. The number of ether oxygens (including phenoxy) is 1. The highest BCUT2D eigenvalue weighted by molar-refractivity contribution is 5.98. The summed E-state index contributed by atoms with van der Waals surface area (Å²) in [5, 5.41) is 2.94. The van der Waals surface area contributed by atoms with E-state index in [0.29, 0.717) is 17.0 Å². The second-order valence-electron chi connectivity index (χ2n) is 4.95. The summed E-state index contributed by atoms with van der Waals surface area (Å²) in [5.74, 6) is 1.24. The maximum Gasteiger partial charge on any atom is 0.255 e. The Hall–Kier alpha value is -2.43. The SMILES string of the molecule is COc1ccc(N)cc1C(=O)NC(C)CCc1ccco1. The molecule has 0 fully saturated rings. The summed E-state index contributed by atoms with van der Waals surface area (Å²) in [6, 6.07) is 8.82. The fourth-order valence-electron chi connectivity index (χ4n) is 2.09. The van der Waals surface area contributed by atoms with Crippen molar-refractivity contribution >= 4 is 11.6 Å². The molecule has 0 saturated carbocycles. The summed E-state index contributed by atoms with van der Waals surface area (Å²) in [5.41, 5.74) is 6.70. The summed E-state index contributed by atoms with van der Waals surface area (Å²) >= 11 is 0. The number of nitrogens with two attached hydrogens (primary N) is 1. The molecule has 1 aromatic carbocycles. The molecule has 1 aromatic heterocycles. The van der Waals surface area contributed by atoms with E-state index in [1.807, 2.05) is 19.1 Å². The van der Waals surface area contributed by atoms with Crippen molar-refractivity contribution in [2.24, 2.45) is 0 Å². The minimum absolute atomic E-state index is 0.0220. The molecule has 5 heteroatoms. The van der Waals surface area contributed by atoms with Crippen LogP contribution in [0.2, 0.25) is 0 Å². The molecule has 0 bridgehead atoms. The highest BCUT2D eigenvalue weighted by Crippen LogP contribution is 2.21. The van der Waals surface area contributed by atoms with Crippen LogP contribution in [0.1, 0.15) is 29.5 Å². The van der Waals surface area contributed by atoms with Crippen molar-refractivity contribution < 1.29 is 13.9 Å². The molecule has 0 aliphatic heterocycles. The van der Waals surface area contributed by atoms with Crippen LogP contribution in [0.15, 0.2) is 41.0 Å². The standard InChI is InChI=1S/C16H20N2O3/c1-11(5-7-13-4-3-9-21-13)18-16(19)14-10-12(17)6-8-15(14)20-2/h3-4,6,8-11H,5,7,17H2,1-2H3,(H,18,19). The first-order chi connectivity index (χ1) is 10.1. The number of carbonyl (C=O) groups excluding carboxylic acids is 1. The Balaban J connectivity index is 1.95. The van der Waals surface area contributed by atoms with E-state index < -0.39 is 0 Å². The lowest BCUT2D eigenvalue weighted by Crippen LogP contribution is -2.33. The molecule has 0 saturated heterocycles. The Morgan fingerprint density at radius 2 is 2.24 bits per heavy atom. The maximum atomic E-state index is 12.3. The van der Waals surface area contributed by atoms with E-state index >= 15 is 0 Å². The van der Waals surface area contributed by atoms with Crippen LogP contribution in [0.5, 0.6) is 5.75 Å². The van der Waals surface area contributed by atoms with Crippen LogP contribution < -0.4 is 15.8 Å². The van der Waals surface area contributed by atoms with Gasteiger partial charge in [-0.15, -0.1) is 0 Å². The topological polar surface area (TPSA) is 77.5 Å². The number of amides is 1. The molecule has 0 spiro atoms. The van der Waals surface area contributed by atoms with Crippen LogP contribution in [0.3, 0.4) is 0 Å². The molecule has 0 radical (unpaired) electrons. The van der Waals surface area contributed by atoms with Gasteiger partial charge in [-0.2, -0.15) is 0 Å². The molecule has 21 heavy (non-hydrogen) atoms.